The Hall–Kier alpha value is -1.34. The average molecular weight is 326 g/mol. The normalized spacial score (nSPS) is 22.3. The lowest BCUT2D eigenvalue weighted by molar-refractivity contribution is -0.132. The van der Waals surface area contributed by atoms with Crippen LogP contribution in [0.3, 0.4) is 0 Å². The average Bonchev–Trinajstić information content (AvgIpc) is 2.99. The highest BCUT2D eigenvalue weighted by molar-refractivity contribution is 5.78. The van der Waals surface area contributed by atoms with Crippen molar-refractivity contribution in [2.45, 2.75) is 45.3 Å². The number of carbonyl (C=O) groups excluding carboxylic acids is 2. The van der Waals surface area contributed by atoms with E-state index >= 15 is 0 Å². The summed E-state index contributed by atoms with van der Waals surface area (Å²) in [6.07, 6.45) is 2.10. The van der Waals surface area contributed by atoms with Crippen LogP contribution in [0.1, 0.15) is 33.6 Å². The molecule has 0 aliphatic carbocycles. The lowest BCUT2D eigenvalue weighted by Gasteiger charge is -2.35. The molecule has 2 heterocycles. The van der Waals surface area contributed by atoms with E-state index in [4.69, 9.17) is 4.74 Å². The van der Waals surface area contributed by atoms with Gasteiger partial charge in [-0.25, -0.2) is 4.79 Å². The molecule has 7 heteroatoms. The molecule has 2 N–H and O–H groups in total. The molecule has 2 rings (SSSR count). The second kappa shape index (κ2) is 7.97. The monoisotopic (exact) mass is 326 g/mol. The van der Waals surface area contributed by atoms with Crippen LogP contribution in [0.2, 0.25) is 0 Å². The second-order valence-electron chi connectivity index (χ2n) is 7.27. The molecule has 7 nitrogen and oxygen atoms in total. The van der Waals surface area contributed by atoms with Gasteiger partial charge in [0, 0.05) is 38.8 Å². The van der Waals surface area contributed by atoms with Crippen LogP contribution >= 0.6 is 0 Å². The number of nitrogens with one attached hydrogen (secondary N) is 2. The van der Waals surface area contributed by atoms with Gasteiger partial charge in [0.25, 0.3) is 0 Å². The smallest absolute Gasteiger partial charge is 0.410 e. The summed E-state index contributed by atoms with van der Waals surface area (Å²) in [5, 5.41) is 6.63. The van der Waals surface area contributed by atoms with Gasteiger partial charge in [0.05, 0.1) is 6.54 Å². The molecule has 0 aromatic rings. The molecule has 2 aliphatic rings. The summed E-state index contributed by atoms with van der Waals surface area (Å²) < 4.78 is 5.36. The Balaban J connectivity index is 1.65. The minimum Gasteiger partial charge on any atom is -0.444 e. The zero-order valence-electron chi connectivity index (χ0n) is 14.6. The number of hydrogen-bond acceptors (Lipinski definition) is 5. The van der Waals surface area contributed by atoms with Crippen LogP contribution in [0.5, 0.6) is 0 Å². The molecule has 2 saturated heterocycles. The Morgan fingerprint density at radius 3 is 2.39 bits per heavy atom. The maximum Gasteiger partial charge on any atom is 0.410 e. The van der Waals surface area contributed by atoms with Crippen LogP contribution in [0.15, 0.2) is 0 Å². The molecule has 0 spiro atoms. The Labute approximate surface area is 138 Å². The summed E-state index contributed by atoms with van der Waals surface area (Å²) in [5.41, 5.74) is -0.484. The van der Waals surface area contributed by atoms with Gasteiger partial charge in [-0.05, 0) is 40.2 Å². The van der Waals surface area contributed by atoms with E-state index in [0.29, 0.717) is 38.8 Å². The van der Waals surface area contributed by atoms with E-state index < -0.39 is 5.60 Å². The molecule has 0 saturated carbocycles. The number of carbonyl (C=O) groups is 2. The molecular weight excluding hydrogens is 296 g/mol. The summed E-state index contributed by atoms with van der Waals surface area (Å²) in [7, 11) is 0. The first-order chi connectivity index (χ1) is 10.8. The first-order valence-electron chi connectivity index (χ1n) is 8.55. The van der Waals surface area contributed by atoms with Gasteiger partial charge in [-0.1, -0.05) is 0 Å². The van der Waals surface area contributed by atoms with E-state index in [1.807, 2.05) is 25.7 Å². The number of amides is 2. The fourth-order valence-corrected chi connectivity index (χ4v) is 2.86. The van der Waals surface area contributed by atoms with Crippen LogP contribution in [-0.4, -0.2) is 79.3 Å². The first-order valence-corrected chi connectivity index (χ1v) is 8.55. The summed E-state index contributed by atoms with van der Waals surface area (Å²) in [4.78, 5) is 27.7. The van der Waals surface area contributed by atoms with E-state index in [2.05, 4.69) is 10.6 Å². The lowest BCUT2D eigenvalue weighted by atomic mass is 10.2. The standard InChI is InChI=1S/C16H30N4O3/c1-16(2,3)23-15(22)20-9-7-19(8-10-20)14(21)12-17-11-13-5-4-6-18-13/h13,17-18H,4-12H2,1-3H3. The number of ether oxygens (including phenoxy) is 1. The van der Waals surface area contributed by atoms with Crippen molar-refractivity contribution in [3.63, 3.8) is 0 Å². The molecule has 2 amide bonds. The third-order valence-corrected chi connectivity index (χ3v) is 4.11. The van der Waals surface area contributed by atoms with Crippen molar-refractivity contribution in [1.29, 1.82) is 0 Å². The van der Waals surface area contributed by atoms with Gasteiger partial charge in [-0.3, -0.25) is 4.79 Å². The van der Waals surface area contributed by atoms with E-state index in [-0.39, 0.29) is 12.0 Å². The van der Waals surface area contributed by atoms with Crippen molar-refractivity contribution in [3.8, 4) is 0 Å². The second-order valence-corrected chi connectivity index (χ2v) is 7.27. The maximum absolute atomic E-state index is 12.2. The van der Waals surface area contributed by atoms with Crippen molar-refractivity contribution < 1.29 is 14.3 Å². The van der Waals surface area contributed by atoms with Gasteiger partial charge in [-0.2, -0.15) is 0 Å². The van der Waals surface area contributed by atoms with Crippen LogP contribution in [0.4, 0.5) is 4.79 Å². The maximum atomic E-state index is 12.2. The topological polar surface area (TPSA) is 73.9 Å². The van der Waals surface area contributed by atoms with Gasteiger partial charge in [0.15, 0.2) is 0 Å². The Kier molecular flexibility index (Phi) is 6.24. The first kappa shape index (κ1) is 18.0. The molecule has 0 radical (unpaired) electrons. The van der Waals surface area contributed by atoms with E-state index in [9.17, 15) is 9.59 Å². The van der Waals surface area contributed by atoms with Gasteiger partial charge in [-0.15, -0.1) is 0 Å². The van der Waals surface area contributed by atoms with Crippen molar-refractivity contribution in [2.24, 2.45) is 0 Å². The van der Waals surface area contributed by atoms with E-state index in [1.54, 1.807) is 4.90 Å². The fraction of sp³-hybridized carbons (Fsp3) is 0.875. The molecule has 1 atom stereocenters. The predicted molar refractivity (Wildman–Crippen MR) is 88.3 cm³/mol. The summed E-state index contributed by atoms with van der Waals surface area (Å²) >= 11 is 0. The van der Waals surface area contributed by atoms with Crippen molar-refractivity contribution in [1.82, 2.24) is 20.4 Å². The quantitative estimate of drug-likeness (QED) is 0.783. The highest BCUT2D eigenvalue weighted by atomic mass is 16.6. The Morgan fingerprint density at radius 1 is 1.17 bits per heavy atom. The van der Waals surface area contributed by atoms with Crippen LogP contribution in [-0.2, 0) is 9.53 Å². The number of nitrogens with zero attached hydrogens (tertiary/aromatic N) is 2. The fourth-order valence-electron chi connectivity index (χ4n) is 2.86. The van der Waals surface area contributed by atoms with Gasteiger partial charge in [0.1, 0.15) is 5.60 Å². The summed E-state index contributed by atoms with van der Waals surface area (Å²) in [6.45, 7) is 10.1. The molecule has 2 fully saturated rings. The van der Waals surface area contributed by atoms with Crippen LogP contribution < -0.4 is 10.6 Å². The minimum absolute atomic E-state index is 0.104. The number of hydrogen-bond donors (Lipinski definition) is 2. The molecule has 0 aromatic carbocycles. The minimum atomic E-state index is -0.484. The third kappa shape index (κ3) is 5.99. The van der Waals surface area contributed by atoms with Gasteiger partial charge >= 0.3 is 6.09 Å². The molecule has 0 bridgehead atoms. The van der Waals surface area contributed by atoms with Crippen molar-refractivity contribution >= 4 is 12.0 Å². The Morgan fingerprint density at radius 2 is 1.83 bits per heavy atom. The number of rotatable bonds is 4. The van der Waals surface area contributed by atoms with Crippen molar-refractivity contribution in [2.75, 3.05) is 45.8 Å². The SMILES string of the molecule is CC(C)(C)OC(=O)N1CCN(C(=O)CNCC2CCCN2)CC1. The highest BCUT2D eigenvalue weighted by Gasteiger charge is 2.27. The summed E-state index contributed by atoms with van der Waals surface area (Å²) in [6, 6.07) is 0.492. The van der Waals surface area contributed by atoms with Gasteiger partial charge in [0.2, 0.25) is 5.91 Å². The predicted octanol–water partition coefficient (Wildman–Crippen LogP) is 0.407. The number of piperazine rings is 1. The van der Waals surface area contributed by atoms with Crippen LogP contribution in [0.25, 0.3) is 0 Å². The third-order valence-electron chi connectivity index (χ3n) is 4.11. The van der Waals surface area contributed by atoms with Crippen LogP contribution in [0, 0.1) is 0 Å². The highest BCUT2D eigenvalue weighted by Crippen LogP contribution is 2.12. The molecule has 23 heavy (non-hydrogen) atoms. The van der Waals surface area contributed by atoms with E-state index in [0.717, 1.165) is 13.1 Å². The van der Waals surface area contributed by atoms with E-state index in [1.165, 1.54) is 12.8 Å². The lowest BCUT2D eigenvalue weighted by Crippen LogP contribution is -2.53. The molecule has 132 valence electrons. The molecule has 0 aromatic heterocycles. The zero-order valence-corrected chi connectivity index (χ0v) is 14.6. The zero-order chi connectivity index (χ0) is 16.9. The molecule has 2 aliphatic heterocycles. The van der Waals surface area contributed by atoms with Crippen molar-refractivity contribution in [3.05, 3.63) is 0 Å². The summed E-state index contributed by atoms with van der Waals surface area (Å²) in [5.74, 6) is 0.104. The molecular formula is C16H30N4O3. The van der Waals surface area contributed by atoms with Gasteiger partial charge < -0.3 is 25.2 Å². The largest absolute Gasteiger partial charge is 0.444 e. The Bertz CT molecular complexity index is 408. The molecule has 1 unspecified atom stereocenters.